The molecule has 0 atom stereocenters. The molecule has 0 spiro atoms. The molecule has 0 aliphatic rings. The van der Waals surface area contributed by atoms with E-state index in [9.17, 15) is 4.79 Å². The molecule has 2 heterocycles. The summed E-state index contributed by atoms with van der Waals surface area (Å²) in [5.41, 5.74) is 3.27. The summed E-state index contributed by atoms with van der Waals surface area (Å²) in [5, 5.41) is 3.95. The average molecular weight is 336 g/mol. The van der Waals surface area contributed by atoms with E-state index in [0.717, 1.165) is 23.1 Å². The van der Waals surface area contributed by atoms with E-state index < -0.39 is 0 Å². The number of aromatic nitrogens is 2. The number of nitrogens with one attached hydrogen (secondary N) is 1. The summed E-state index contributed by atoms with van der Waals surface area (Å²) in [4.78, 5) is 19.2. The smallest absolute Gasteiger partial charge is 0.276 e. The summed E-state index contributed by atoms with van der Waals surface area (Å²) in [5.74, 6) is -0.195. The third kappa shape index (κ3) is 3.72. The molecular formula is C20H24N4O. The van der Waals surface area contributed by atoms with Gasteiger partial charge in [0.25, 0.3) is 5.91 Å². The Morgan fingerprint density at radius 3 is 2.60 bits per heavy atom. The van der Waals surface area contributed by atoms with E-state index in [1.54, 1.807) is 6.20 Å². The van der Waals surface area contributed by atoms with E-state index in [1.165, 1.54) is 5.56 Å². The number of hydrogen-bond donors (Lipinski definition) is 1. The highest BCUT2D eigenvalue weighted by Crippen LogP contribution is 2.19. The van der Waals surface area contributed by atoms with Gasteiger partial charge in [-0.15, -0.1) is 0 Å². The SMILES string of the molecule is CC(C)N(C)Cc1ccc(NC(=O)c2nccc3ccn(C)c23)cc1. The van der Waals surface area contributed by atoms with Crippen LogP contribution in [0.25, 0.3) is 10.9 Å². The highest BCUT2D eigenvalue weighted by molar-refractivity contribution is 6.10. The second-order valence-corrected chi connectivity index (χ2v) is 6.68. The Hall–Kier alpha value is -2.66. The van der Waals surface area contributed by atoms with Crippen LogP contribution in [0.2, 0.25) is 0 Å². The Morgan fingerprint density at radius 1 is 1.20 bits per heavy atom. The van der Waals surface area contributed by atoms with Crippen molar-refractivity contribution in [3.63, 3.8) is 0 Å². The zero-order chi connectivity index (χ0) is 18.0. The Kier molecular flexibility index (Phi) is 4.86. The van der Waals surface area contributed by atoms with Crippen LogP contribution in [-0.4, -0.2) is 33.4 Å². The highest BCUT2D eigenvalue weighted by Gasteiger charge is 2.14. The van der Waals surface area contributed by atoms with Gasteiger partial charge in [-0.05, 0) is 50.7 Å². The normalized spacial score (nSPS) is 11.4. The third-order valence-electron chi connectivity index (χ3n) is 4.53. The van der Waals surface area contributed by atoms with Crippen LogP contribution in [0.5, 0.6) is 0 Å². The van der Waals surface area contributed by atoms with Gasteiger partial charge in [-0.3, -0.25) is 9.69 Å². The molecule has 1 amide bonds. The number of carbonyl (C=O) groups is 1. The van der Waals surface area contributed by atoms with Gasteiger partial charge >= 0.3 is 0 Å². The summed E-state index contributed by atoms with van der Waals surface area (Å²) in [7, 11) is 4.02. The van der Waals surface area contributed by atoms with Crippen LogP contribution in [0.3, 0.4) is 0 Å². The molecule has 0 radical (unpaired) electrons. The first kappa shape index (κ1) is 17.2. The predicted molar refractivity (Wildman–Crippen MR) is 102 cm³/mol. The second kappa shape index (κ2) is 7.07. The van der Waals surface area contributed by atoms with Crippen molar-refractivity contribution >= 4 is 22.5 Å². The fourth-order valence-electron chi connectivity index (χ4n) is 2.76. The predicted octanol–water partition coefficient (Wildman–Crippen LogP) is 3.67. The lowest BCUT2D eigenvalue weighted by Gasteiger charge is -2.21. The summed E-state index contributed by atoms with van der Waals surface area (Å²) in [6.07, 6.45) is 3.60. The lowest BCUT2D eigenvalue weighted by Crippen LogP contribution is -2.25. The first-order valence-electron chi connectivity index (χ1n) is 8.46. The number of aryl methyl sites for hydroxylation is 1. The van der Waals surface area contributed by atoms with E-state index in [1.807, 2.05) is 54.2 Å². The van der Waals surface area contributed by atoms with Crippen LogP contribution in [-0.2, 0) is 13.6 Å². The molecule has 0 saturated carbocycles. The maximum absolute atomic E-state index is 12.6. The summed E-state index contributed by atoms with van der Waals surface area (Å²) in [6, 6.07) is 12.4. The Morgan fingerprint density at radius 2 is 1.92 bits per heavy atom. The third-order valence-corrected chi connectivity index (χ3v) is 4.53. The van der Waals surface area contributed by atoms with Gasteiger partial charge in [0.2, 0.25) is 0 Å². The first-order chi connectivity index (χ1) is 12.0. The number of anilines is 1. The second-order valence-electron chi connectivity index (χ2n) is 6.68. The molecule has 0 fully saturated rings. The molecular weight excluding hydrogens is 312 g/mol. The largest absolute Gasteiger partial charge is 0.349 e. The minimum absolute atomic E-state index is 0.195. The van der Waals surface area contributed by atoms with Crippen molar-refractivity contribution in [1.29, 1.82) is 0 Å². The van der Waals surface area contributed by atoms with Crippen molar-refractivity contribution in [2.24, 2.45) is 7.05 Å². The Labute approximate surface area is 148 Å². The highest BCUT2D eigenvalue weighted by atomic mass is 16.1. The molecule has 0 aliphatic heterocycles. The molecule has 0 unspecified atom stereocenters. The van der Waals surface area contributed by atoms with Gasteiger partial charge in [0, 0.05) is 43.1 Å². The van der Waals surface area contributed by atoms with Gasteiger partial charge < -0.3 is 9.88 Å². The van der Waals surface area contributed by atoms with Crippen LogP contribution >= 0.6 is 0 Å². The Bertz CT molecular complexity index is 880. The van der Waals surface area contributed by atoms with Crippen LogP contribution in [0, 0.1) is 0 Å². The first-order valence-corrected chi connectivity index (χ1v) is 8.46. The molecule has 2 aromatic heterocycles. The molecule has 3 rings (SSSR count). The van der Waals surface area contributed by atoms with Crippen molar-refractivity contribution in [3.8, 4) is 0 Å². The minimum atomic E-state index is -0.195. The lowest BCUT2D eigenvalue weighted by molar-refractivity contribution is 0.102. The van der Waals surface area contributed by atoms with Crippen molar-refractivity contribution in [1.82, 2.24) is 14.5 Å². The van der Waals surface area contributed by atoms with Gasteiger partial charge in [0.15, 0.2) is 5.69 Å². The Balaban J connectivity index is 1.75. The fourth-order valence-corrected chi connectivity index (χ4v) is 2.76. The van der Waals surface area contributed by atoms with E-state index in [2.05, 4.69) is 36.1 Å². The van der Waals surface area contributed by atoms with Crippen molar-refractivity contribution in [2.45, 2.75) is 26.4 Å². The number of amides is 1. The van der Waals surface area contributed by atoms with Gasteiger partial charge in [0.1, 0.15) is 0 Å². The fraction of sp³-hybridized carbons (Fsp3) is 0.300. The number of rotatable bonds is 5. The lowest BCUT2D eigenvalue weighted by atomic mass is 10.1. The van der Waals surface area contributed by atoms with E-state index in [-0.39, 0.29) is 5.91 Å². The van der Waals surface area contributed by atoms with E-state index in [4.69, 9.17) is 0 Å². The van der Waals surface area contributed by atoms with Gasteiger partial charge in [-0.25, -0.2) is 4.98 Å². The number of nitrogens with zero attached hydrogens (tertiary/aromatic N) is 3. The summed E-state index contributed by atoms with van der Waals surface area (Å²) >= 11 is 0. The van der Waals surface area contributed by atoms with E-state index in [0.29, 0.717) is 11.7 Å². The average Bonchev–Trinajstić information content (AvgIpc) is 2.98. The number of hydrogen-bond acceptors (Lipinski definition) is 3. The molecule has 0 bridgehead atoms. The molecule has 3 aromatic rings. The van der Waals surface area contributed by atoms with Crippen molar-refractivity contribution in [3.05, 3.63) is 60.0 Å². The maximum atomic E-state index is 12.6. The summed E-state index contributed by atoms with van der Waals surface area (Å²) < 4.78 is 1.92. The van der Waals surface area contributed by atoms with Crippen LogP contribution < -0.4 is 5.32 Å². The number of pyridine rings is 1. The van der Waals surface area contributed by atoms with Crippen molar-refractivity contribution in [2.75, 3.05) is 12.4 Å². The van der Waals surface area contributed by atoms with Crippen molar-refractivity contribution < 1.29 is 4.79 Å². The van der Waals surface area contributed by atoms with Gasteiger partial charge in [0.05, 0.1) is 5.52 Å². The van der Waals surface area contributed by atoms with Crippen LogP contribution in [0.4, 0.5) is 5.69 Å². The molecule has 1 aromatic carbocycles. The molecule has 5 heteroatoms. The molecule has 5 nitrogen and oxygen atoms in total. The summed E-state index contributed by atoms with van der Waals surface area (Å²) in [6.45, 7) is 5.23. The topological polar surface area (TPSA) is 50.2 Å². The minimum Gasteiger partial charge on any atom is -0.349 e. The molecule has 0 saturated heterocycles. The molecule has 0 aliphatic carbocycles. The number of carbonyl (C=O) groups excluding carboxylic acids is 1. The maximum Gasteiger partial charge on any atom is 0.276 e. The van der Waals surface area contributed by atoms with Gasteiger partial charge in [-0.1, -0.05) is 12.1 Å². The van der Waals surface area contributed by atoms with E-state index >= 15 is 0 Å². The quantitative estimate of drug-likeness (QED) is 0.773. The molecule has 25 heavy (non-hydrogen) atoms. The monoisotopic (exact) mass is 336 g/mol. The number of benzene rings is 1. The molecule has 1 N–H and O–H groups in total. The van der Waals surface area contributed by atoms with Crippen LogP contribution in [0.1, 0.15) is 29.9 Å². The van der Waals surface area contributed by atoms with Crippen LogP contribution in [0.15, 0.2) is 48.8 Å². The molecule has 130 valence electrons. The zero-order valence-electron chi connectivity index (χ0n) is 15.2. The number of fused-ring (bicyclic) bond motifs is 1. The standard InChI is InChI=1S/C20H24N4O/c1-14(2)24(4)13-15-5-7-17(8-6-15)22-20(25)18-19-16(9-11-21-18)10-12-23(19)3/h5-12,14H,13H2,1-4H3,(H,22,25). The zero-order valence-corrected chi connectivity index (χ0v) is 15.2. The van der Waals surface area contributed by atoms with Gasteiger partial charge in [-0.2, -0.15) is 0 Å².